The Morgan fingerprint density at radius 3 is 2.73 bits per heavy atom. The van der Waals surface area contributed by atoms with Crippen molar-refractivity contribution in [3.63, 3.8) is 0 Å². The van der Waals surface area contributed by atoms with Gasteiger partial charge in [-0.15, -0.1) is 0 Å². The van der Waals surface area contributed by atoms with Crippen molar-refractivity contribution in [3.05, 3.63) is 35.4 Å². The van der Waals surface area contributed by atoms with Crippen molar-refractivity contribution in [1.29, 1.82) is 0 Å². The zero-order valence-electron chi connectivity index (χ0n) is 12.3. The summed E-state index contributed by atoms with van der Waals surface area (Å²) in [6.07, 6.45) is -3.66. The topological polar surface area (TPSA) is 52.6 Å². The van der Waals surface area contributed by atoms with Crippen LogP contribution in [0.15, 0.2) is 24.3 Å². The first kappa shape index (κ1) is 16.8. The molecule has 7 heteroatoms. The third kappa shape index (κ3) is 4.20. The minimum atomic E-state index is -4.36. The molecule has 0 aliphatic carbocycles. The molecule has 4 nitrogen and oxygen atoms in total. The van der Waals surface area contributed by atoms with Crippen LogP contribution in [-0.2, 0) is 17.5 Å². The highest BCUT2D eigenvalue weighted by atomic mass is 19.4. The maximum absolute atomic E-state index is 13.0. The number of carboxylic acid groups (broad SMARTS) is 1. The quantitative estimate of drug-likeness (QED) is 0.875. The van der Waals surface area contributed by atoms with Gasteiger partial charge in [-0.2, -0.15) is 13.2 Å². The van der Waals surface area contributed by atoms with Crippen molar-refractivity contribution in [2.45, 2.75) is 31.6 Å². The summed E-state index contributed by atoms with van der Waals surface area (Å²) in [4.78, 5) is 12.5. The number of nitrogens with zero attached hydrogens (tertiary/aromatic N) is 1. The molecular formula is C15H19F3N2O2. The summed E-state index contributed by atoms with van der Waals surface area (Å²) in [5.74, 6) is -0.943. The number of carbonyl (C=O) groups is 1. The number of rotatable bonds is 5. The lowest BCUT2D eigenvalue weighted by Crippen LogP contribution is -2.46. The Bertz CT molecular complexity index is 548. The van der Waals surface area contributed by atoms with E-state index in [1.807, 2.05) is 11.8 Å². The van der Waals surface area contributed by atoms with Gasteiger partial charge in [0, 0.05) is 25.2 Å². The van der Waals surface area contributed by atoms with Crippen molar-refractivity contribution >= 4 is 5.97 Å². The molecule has 1 saturated heterocycles. The summed E-state index contributed by atoms with van der Waals surface area (Å²) in [6, 6.07) is 5.56. The summed E-state index contributed by atoms with van der Waals surface area (Å²) in [5.41, 5.74) is -0.745. The Hall–Kier alpha value is -1.60. The van der Waals surface area contributed by atoms with Gasteiger partial charge < -0.3 is 10.4 Å². The predicted octanol–water partition coefficient (Wildman–Crippen LogP) is 2.34. The molecule has 1 aromatic rings. The van der Waals surface area contributed by atoms with Crippen LogP contribution in [0.2, 0.25) is 0 Å². The van der Waals surface area contributed by atoms with E-state index in [0.717, 1.165) is 6.07 Å². The van der Waals surface area contributed by atoms with E-state index >= 15 is 0 Å². The smallest absolute Gasteiger partial charge is 0.416 e. The standard InChI is InChI=1S/C15H19F3N2O2/c1-14(19-8-13(21)22)6-7-20(10-14)9-11-4-2-3-5-12(11)15(16,17)18/h2-5,19H,6-10H2,1H3,(H,21,22). The number of halogens is 3. The lowest BCUT2D eigenvalue weighted by Gasteiger charge is -2.26. The van der Waals surface area contributed by atoms with E-state index in [1.165, 1.54) is 12.1 Å². The number of hydrogen-bond acceptors (Lipinski definition) is 3. The van der Waals surface area contributed by atoms with E-state index in [-0.39, 0.29) is 24.2 Å². The minimum absolute atomic E-state index is 0.149. The van der Waals surface area contributed by atoms with Gasteiger partial charge in [0.05, 0.1) is 12.1 Å². The first-order valence-electron chi connectivity index (χ1n) is 7.04. The van der Waals surface area contributed by atoms with Crippen LogP contribution in [0, 0.1) is 0 Å². The van der Waals surface area contributed by atoms with Crippen LogP contribution in [0.4, 0.5) is 13.2 Å². The molecule has 1 aromatic carbocycles. The molecule has 1 heterocycles. The molecule has 0 saturated carbocycles. The molecule has 0 bridgehead atoms. The van der Waals surface area contributed by atoms with Crippen LogP contribution < -0.4 is 5.32 Å². The number of hydrogen-bond donors (Lipinski definition) is 2. The highest BCUT2D eigenvalue weighted by Gasteiger charge is 2.36. The highest BCUT2D eigenvalue weighted by Crippen LogP contribution is 2.33. The molecule has 2 N–H and O–H groups in total. The van der Waals surface area contributed by atoms with Gasteiger partial charge in [0.2, 0.25) is 0 Å². The summed E-state index contributed by atoms with van der Waals surface area (Å²) in [6.45, 7) is 3.11. The van der Waals surface area contributed by atoms with Crippen molar-refractivity contribution in [3.8, 4) is 0 Å². The summed E-state index contributed by atoms with van der Waals surface area (Å²) in [5, 5.41) is 11.7. The summed E-state index contributed by atoms with van der Waals surface area (Å²) < 4.78 is 39.0. The van der Waals surface area contributed by atoms with Crippen LogP contribution in [-0.4, -0.2) is 41.1 Å². The van der Waals surface area contributed by atoms with Crippen LogP contribution in [0.5, 0.6) is 0 Å². The largest absolute Gasteiger partial charge is 0.480 e. The van der Waals surface area contributed by atoms with Crippen molar-refractivity contribution in [2.24, 2.45) is 0 Å². The van der Waals surface area contributed by atoms with Gasteiger partial charge in [0.15, 0.2) is 0 Å². The molecule has 0 radical (unpaired) electrons. The second kappa shape index (κ2) is 6.26. The molecule has 2 rings (SSSR count). The SMILES string of the molecule is CC1(NCC(=O)O)CCN(Cc2ccccc2C(F)(F)F)C1. The number of benzene rings is 1. The van der Waals surface area contributed by atoms with E-state index in [2.05, 4.69) is 5.32 Å². The van der Waals surface area contributed by atoms with Crippen molar-refractivity contribution in [1.82, 2.24) is 10.2 Å². The van der Waals surface area contributed by atoms with E-state index in [4.69, 9.17) is 5.11 Å². The maximum atomic E-state index is 13.0. The molecule has 1 unspecified atom stereocenters. The van der Waals surface area contributed by atoms with Gasteiger partial charge in [-0.05, 0) is 25.0 Å². The molecule has 22 heavy (non-hydrogen) atoms. The van der Waals surface area contributed by atoms with Gasteiger partial charge >= 0.3 is 12.1 Å². The average molecular weight is 316 g/mol. The Balaban J connectivity index is 2.03. The van der Waals surface area contributed by atoms with Gasteiger partial charge in [-0.1, -0.05) is 18.2 Å². The van der Waals surface area contributed by atoms with E-state index in [0.29, 0.717) is 19.5 Å². The van der Waals surface area contributed by atoms with Crippen LogP contribution >= 0.6 is 0 Å². The zero-order chi connectivity index (χ0) is 16.4. The molecule has 1 fully saturated rings. The van der Waals surface area contributed by atoms with E-state index in [1.54, 1.807) is 6.07 Å². The Morgan fingerprint density at radius 2 is 2.09 bits per heavy atom. The first-order valence-corrected chi connectivity index (χ1v) is 7.04. The Labute approximate surface area is 126 Å². The molecule has 0 amide bonds. The molecule has 1 atom stereocenters. The van der Waals surface area contributed by atoms with Crippen LogP contribution in [0.3, 0.4) is 0 Å². The van der Waals surface area contributed by atoms with E-state index < -0.39 is 17.7 Å². The lowest BCUT2D eigenvalue weighted by molar-refractivity contribution is -0.138. The number of aliphatic carboxylic acids is 1. The number of carboxylic acids is 1. The molecular weight excluding hydrogens is 297 g/mol. The second-order valence-corrected chi connectivity index (χ2v) is 5.92. The summed E-state index contributed by atoms with van der Waals surface area (Å²) in [7, 11) is 0. The molecule has 0 spiro atoms. The van der Waals surface area contributed by atoms with Gasteiger partial charge in [-0.3, -0.25) is 9.69 Å². The second-order valence-electron chi connectivity index (χ2n) is 5.92. The normalized spacial score (nSPS) is 22.9. The Kier molecular flexibility index (Phi) is 4.77. The van der Waals surface area contributed by atoms with Gasteiger partial charge in [0.1, 0.15) is 0 Å². The minimum Gasteiger partial charge on any atom is -0.480 e. The highest BCUT2D eigenvalue weighted by molar-refractivity contribution is 5.69. The monoisotopic (exact) mass is 316 g/mol. The van der Waals surface area contributed by atoms with Crippen molar-refractivity contribution < 1.29 is 23.1 Å². The molecule has 1 aliphatic rings. The average Bonchev–Trinajstić information content (AvgIpc) is 2.78. The molecule has 0 aromatic heterocycles. The van der Waals surface area contributed by atoms with Gasteiger partial charge in [0.25, 0.3) is 0 Å². The van der Waals surface area contributed by atoms with E-state index in [9.17, 15) is 18.0 Å². The van der Waals surface area contributed by atoms with Crippen LogP contribution in [0.25, 0.3) is 0 Å². The Morgan fingerprint density at radius 1 is 1.41 bits per heavy atom. The third-order valence-corrected chi connectivity index (χ3v) is 3.94. The van der Waals surface area contributed by atoms with Crippen LogP contribution in [0.1, 0.15) is 24.5 Å². The predicted molar refractivity (Wildman–Crippen MR) is 75.4 cm³/mol. The first-order chi connectivity index (χ1) is 10.2. The molecule has 122 valence electrons. The molecule has 1 aliphatic heterocycles. The zero-order valence-corrected chi connectivity index (χ0v) is 12.3. The third-order valence-electron chi connectivity index (χ3n) is 3.94. The lowest BCUT2D eigenvalue weighted by atomic mass is 10.0. The van der Waals surface area contributed by atoms with Crippen molar-refractivity contribution in [2.75, 3.05) is 19.6 Å². The fourth-order valence-corrected chi connectivity index (χ4v) is 2.80. The number of nitrogens with one attached hydrogen (secondary N) is 1. The fourth-order valence-electron chi connectivity index (χ4n) is 2.80. The van der Waals surface area contributed by atoms with Gasteiger partial charge in [-0.25, -0.2) is 0 Å². The fraction of sp³-hybridized carbons (Fsp3) is 0.533. The number of likely N-dealkylation sites (tertiary alicyclic amines) is 1. The number of alkyl halides is 3. The maximum Gasteiger partial charge on any atom is 0.416 e. The summed E-state index contributed by atoms with van der Waals surface area (Å²) >= 11 is 0.